The van der Waals surface area contributed by atoms with Gasteiger partial charge in [0.15, 0.2) is 0 Å². The Hall–Kier alpha value is -0.570. The molecule has 0 bridgehead atoms. The molecule has 1 rings (SSSR count). The third-order valence-corrected chi connectivity index (χ3v) is 1.51. The van der Waals surface area contributed by atoms with Crippen LogP contribution in [-0.2, 0) is 9.53 Å². The van der Waals surface area contributed by atoms with Gasteiger partial charge in [-0.1, -0.05) is 13.3 Å². The number of rotatable bonds is 4. The highest BCUT2D eigenvalue weighted by molar-refractivity contribution is 5.82. The molecule has 1 atom stereocenters. The Kier molecular flexibility index (Phi) is 2.68. The van der Waals surface area contributed by atoms with E-state index in [1.807, 2.05) is 0 Å². The molecular formula is C7H13NO2. The van der Waals surface area contributed by atoms with Gasteiger partial charge in [-0.25, -0.2) is 0 Å². The zero-order valence-corrected chi connectivity index (χ0v) is 6.22. The van der Waals surface area contributed by atoms with Crippen LogP contribution in [0.15, 0.2) is 0 Å². The Morgan fingerprint density at radius 3 is 3.00 bits per heavy atom. The van der Waals surface area contributed by atoms with Gasteiger partial charge in [0.25, 0.3) is 0 Å². The molecule has 0 radical (unpaired) electrons. The van der Waals surface area contributed by atoms with Crippen molar-refractivity contribution in [2.24, 2.45) is 0 Å². The van der Waals surface area contributed by atoms with Crippen molar-refractivity contribution in [2.45, 2.75) is 32.4 Å². The molecular weight excluding hydrogens is 130 g/mol. The van der Waals surface area contributed by atoms with Crippen LogP contribution >= 0.6 is 0 Å². The molecule has 58 valence electrons. The fraction of sp³-hybridized carbons (Fsp3) is 0.857. The maximum atomic E-state index is 10.4. The van der Waals surface area contributed by atoms with E-state index in [-0.39, 0.29) is 12.1 Å². The minimum absolute atomic E-state index is 0.0130. The topological polar surface area (TPSA) is 38.3 Å². The molecule has 0 aromatic heterocycles. The van der Waals surface area contributed by atoms with Gasteiger partial charge in [-0.3, -0.25) is 4.79 Å². The second kappa shape index (κ2) is 3.56. The molecule has 1 aliphatic rings. The number of carbonyl (C=O) groups is 1. The first-order valence-corrected chi connectivity index (χ1v) is 3.74. The molecule has 1 aliphatic heterocycles. The molecule has 1 N–H and O–H groups in total. The van der Waals surface area contributed by atoms with Crippen LogP contribution in [0.1, 0.15) is 26.2 Å². The molecule has 1 amide bonds. The predicted octanol–water partition coefficient (Wildman–Crippen LogP) is 0.649. The van der Waals surface area contributed by atoms with Crippen molar-refractivity contribution in [1.82, 2.24) is 5.32 Å². The lowest BCUT2D eigenvalue weighted by molar-refractivity contribution is -0.140. The van der Waals surface area contributed by atoms with E-state index in [4.69, 9.17) is 4.74 Å². The molecule has 0 aromatic carbocycles. The van der Waals surface area contributed by atoms with E-state index in [9.17, 15) is 4.79 Å². The van der Waals surface area contributed by atoms with Crippen molar-refractivity contribution in [3.63, 3.8) is 0 Å². The van der Waals surface area contributed by atoms with Crippen molar-refractivity contribution in [3.8, 4) is 0 Å². The minimum atomic E-state index is 0.0130. The minimum Gasteiger partial charge on any atom is -0.358 e. The fourth-order valence-electron chi connectivity index (χ4n) is 0.797. The van der Waals surface area contributed by atoms with Crippen LogP contribution in [0.3, 0.4) is 0 Å². The lowest BCUT2D eigenvalue weighted by Crippen LogP contribution is -2.50. The molecule has 1 fully saturated rings. The largest absolute Gasteiger partial charge is 0.358 e. The van der Waals surface area contributed by atoms with Gasteiger partial charge in [-0.05, 0) is 6.42 Å². The number of unbranched alkanes of at least 4 members (excludes halogenated alkanes) is 1. The molecule has 3 heteroatoms. The van der Waals surface area contributed by atoms with Gasteiger partial charge in [0, 0.05) is 6.61 Å². The van der Waals surface area contributed by atoms with Crippen molar-refractivity contribution < 1.29 is 9.53 Å². The standard InChI is InChI=1S/C7H13NO2/c1-2-3-4-10-7-5-6(9)8-7/h7H,2-5H2,1H3,(H,8,9). The van der Waals surface area contributed by atoms with Gasteiger partial charge in [0.05, 0.1) is 6.42 Å². The van der Waals surface area contributed by atoms with Gasteiger partial charge in [-0.2, -0.15) is 0 Å². The van der Waals surface area contributed by atoms with Crippen molar-refractivity contribution >= 4 is 5.91 Å². The first-order chi connectivity index (χ1) is 4.83. The van der Waals surface area contributed by atoms with Crippen LogP contribution in [0.2, 0.25) is 0 Å². The molecule has 1 unspecified atom stereocenters. The summed E-state index contributed by atoms with van der Waals surface area (Å²) in [5.41, 5.74) is 0. The average molecular weight is 143 g/mol. The maximum absolute atomic E-state index is 10.4. The molecule has 0 spiro atoms. The molecule has 0 aliphatic carbocycles. The zero-order valence-electron chi connectivity index (χ0n) is 6.22. The summed E-state index contributed by atoms with van der Waals surface area (Å²) in [7, 11) is 0. The third-order valence-electron chi connectivity index (χ3n) is 1.51. The zero-order chi connectivity index (χ0) is 7.40. The van der Waals surface area contributed by atoms with Gasteiger partial charge in [-0.15, -0.1) is 0 Å². The van der Waals surface area contributed by atoms with E-state index in [1.165, 1.54) is 0 Å². The van der Waals surface area contributed by atoms with Crippen molar-refractivity contribution in [1.29, 1.82) is 0 Å². The summed E-state index contributed by atoms with van der Waals surface area (Å²) in [6.45, 7) is 2.88. The lowest BCUT2D eigenvalue weighted by atomic mass is 10.2. The summed E-state index contributed by atoms with van der Waals surface area (Å²) in [4.78, 5) is 10.4. The first-order valence-electron chi connectivity index (χ1n) is 3.74. The number of hydrogen-bond acceptors (Lipinski definition) is 2. The van der Waals surface area contributed by atoms with Crippen LogP contribution in [0, 0.1) is 0 Å². The van der Waals surface area contributed by atoms with Crippen LogP contribution in [0.4, 0.5) is 0 Å². The second-order valence-electron chi connectivity index (χ2n) is 2.48. The van der Waals surface area contributed by atoms with E-state index in [0.717, 1.165) is 19.4 Å². The smallest absolute Gasteiger partial charge is 0.226 e. The normalized spacial score (nSPS) is 23.7. The summed E-state index contributed by atoms with van der Waals surface area (Å²) >= 11 is 0. The van der Waals surface area contributed by atoms with Gasteiger partial charge in [0.2, 0.25) is 5.91 Å². The Balaban J connectivity index is 1.90. The quantitative estimate of drug-likeness (QED) is 0.463. The number of β-lactam (4-membered cyclic amide) rings is 1. The van der Waals surface area contributed by atoms with E-state index < -0.39 is 0 Å². The summed E-state index contributed by atoms with van der Waals surface area (Å²) in [5, 5.41) is 2.64. The number of nitrogens with one attached hydrogen (secondary N) is 1. The highest BCUT2D eigenvalue weighted by Gasteiger charge is 2.24. The highest BCUT2D eigenvalue weighted by atomic mass is 16.5. The van der Waals surface area contributed by atoms with Crippen LogP contribution < -0.4 is 5.32 Å². The van der Waals surface area contributed by atoms with Crippen LogP contribution in [0.5, 0.6) is 0 Å². The molecule has 0 saturated carbocycles. The fourth-order valence-corrected chi connectivity index (χ4v) is 0.797. The van der Waals surface area contributed by atoms with E-state index in [0.29, 0.717) is 6.42 Å². The SMILES string of the molecule is CCCCOC1CC(=O)N1. The monoisotopic (exact) mass is 143 g/mol. The van der Waals surface area contributed by atoms with Crippen molar-refractivity contribution in [2.75, 3.05) is 6.61 Å². The number of ether oxygens (including phenoxy) is 1. The maximum Gasteiger partial charge on any atom is 0.226 e. The predicted molar refractivity (Wildman–Crippen MR) is 37.4 cm³/mol. The first kappa shape index (κ1) is 7.54. The second-order valence-corrected chi connectivity index (χ2v) is 2.48. The van der Waals surface area contributed by atoms with E-state index >= 15 is 0 Å². The van der Waals surface area contributed by atoms with E-state index in [1.54, 1.807) is 0 Å². The number of amides is 1. The molecule has 3 nitrogen and oxygen atoms in total. The summed E-state index contributed by atoms with van der Waals surface area (Å²) in [6, 6.07) is 0. The number of carbonyl (C=O) groups excluding carboxylic acids is 1. The summed E-state index contributed by atoms with van der Waals surface area (Å²) in [5.74, 6) is 0.0986. The van der Waals surface area contributed by atoms with Gasteiger partial charge < -0.3 is 10.1 Å². The third kappa shape index (κ3) is 1.99. The van der Waals surface area contributed by atoms with Gasteiger partial charge in [0.1, 0.15) is 6.23 Å². The summed E-state index contributed by atoms with van der Waals surface area (Å²) in [6.07, 6.45) is 2.77. The average Bonchev–Trinajstić information content (AvgIpc) is 1.85. The molecule has 0 aromatic rings. The van der Waals surface area contributed by atoms with Gasteiger partial charge >= 0.3 is 0 Å². The molecule has 1 heterocycles. The van der Waals surface area contributed by atoms with Crippen LogP contribution in [0.25, 0.3) is 0 Å². The van der Waals surface area contributed by atoms with E-state index in [2.05, 4.69) is 12.2 Å². The van der Waals surface area contributed by atoms with Crippen LogP contribution in [-0.4, -0.2) is 18.7 Å². The molecule has 1 saturated heterocycles. The Bertz CT molecular complexity index is 117. The number of hydrogen-bond donors (Lipinski definition) is 1. The van der Waals surface area contributed by atoms with Crippen molar-refractivity contribution in [3.05, 3.63) is 0 Å². The molecule has 10 heavy (non-hydrogen) atoms. The Labute approximate surface area is 60.7 Å². The highest BCUT2D eigenvalue weighted by Crippen LogP contribution is 2.05. The summed E-state index contributed by atoms with van der Waals surface area (Å²) < 4.78 is 5.26. The lowest BCUT2D eigenvalue weighted by Gasteiger charge is -2.26. The Morgan fingerprint density at radius 2 is 2.50 bits per heavy atom. The Morgan fingerprint density at radius 1 is 1.80 bits per heavy atom.